The summed E-state index contributed by atoms with van der Waals surface area (Å²) in [5.41, 5.74) is 6.38. The van der Waals surface area contributed by atoms with Gasteiger partial charge >= 0.3 is 0 Å². The summed E-state index contributed by atoms with van der Waals surface area (Å²) in [5, 5.41) is 1.95. The number of nitrogens with two attached hydrogens (primary N) is 1. The van der Waals surface area contributed by atoms with Crippen LogP contribution in [-0.2, 0) is 16.6 Å². The SMILES string of the molecule is CC(c1cccs1)N(C)S(=O)(=O)c1cccc(CN)c1. The van der Waals surface area contributed by atoms with Gasteiger partial charge in [-0.1, -0.05) is 18.2 Å². The minimum atomic E-state index is -3.51. The van der Waals surface area contributed by atoms with Crippen molar-refractivity contribution in [1.82, 2.24) is 4.31 Å². The summed E-state index contributed by atoms with van der Waals surface area (Å²) < 4.78 is 26.7. The van der Waals surface area contributed by atoms with E-state index in [1.165, 1.54) is 4.31 Å². The van der Waals surface area contributed by atoms with Crippen molar-refractivity contribution >= 4 is 21.4 Å². The lowest BCUT2D eigenvalue weighted by Gasteiger charge is -2.23. The fraction of sp³-hybridized carbons (Fsp3) is 0.286. The number of sulfonamides is 1. The zero-order valence-electron chi connectivity index (χ0n) is 11.5. The maximum Gasteiger partial charge on any atom is 0.243 e. The van der Waals surface area contributed by atoms with Crippen molar-refractivity contribution in [3.8, 4) is 0 Å². The first-order chi connectivity index (χ1) is 9.46. The van der Waals surface area contributed by atoms with Gasteiger partial charge in [0.1, 0.15) is 0 Å². The fourth-order valence-corrected chi connectivity index (χ4v) is 4.22. The van der Waals surface area contributed by atoms with Crippen LogP contribution < -0.4 is 5.73 Å². The van der Waals surface area contributed by atoms with Crippen LogP contribution in [0.5, 0.6) is 0 Å². The molecule has 6 heteroatoms. The first-order valence-electron chi connectivity index (χ1n) is 6.27. The predicted octanol–water partition coefficient (Wildman–Crippen LogP) is 2.59. The standard InChI is InChI=1S/C14H18N2O2S2/c1-11(14-7-4-8-19-14)16(2)20(17,18)13-6-3-5-12(9-13)10-15/h3-9,11H,10,15H2,1-2H3. The van der Waals surface area contributed by atoms with Gasteiger partial charge in [0, 0.05) is 18.5 Å². The Morgan fingerprint density at radius 1 is 1.30 bits per heavy atom. The van der Waals surface area contributed by atoms with Crippen LogP contribution in [0.4, 0.5) is 0 Å². The van der Waals surface area contributed by atoms with Crippen molar-refractivity contribution in [3.05, 3.63) is 52.2 Å². The quantitative estimate of drug-likeness (QED) is 0.923. The van der Waals surface area contributed by atoms with Gasteiger partial charge < -0.3 is 5.73 Å². The third-order valence-electron chi connectivity index (χ3n) is 3.31. The van der Waals surface area contributed by atoms with Crippen molar-refractivity contribution in [1.29, 1.82) is 0 Å². The van der Waals surface area contributed by atoms with Crippen LogP contribution in [0.2, 0.25) is 0 Å². The van der Waals surface area contributed by atoms with Crippen LogP contribution in [0.25, 0.3) is 0 Å². The molecule has 1 aromatic heterocycles. The molecule has 1 aromatic carbocycles. The molecule has 2 rings (SSSR count). The summed E-state index contributed by atoms with van der Waals surface area (Å²) in [6.45, 7) is 2.21. The van der Waals surface area contributed by atoms with Gasteiger partial charge in [-0.25, -0.2) is 8.42 Å². The molecule has 4 nitrogen and oxygen atoms in total. The van der Waals surface area contributed by atoms with Crippen molar-refractivity contribution in [2.45, 2.75) is 24.4 Å². The van der Waals surface area contributed by atoms with E-state index in [1.54, 1.807) is 36.6 Å². The molecule has 2 aromatic rings. The molecule has 0 aliphatic heterocycles. The largest absolute Gasteiger partial charge is 0.326 e. The lowest BCUT2D eigenvalue weighted by Crippen LogP contribution is -2.29. The van der Waals surface area contributed by atoms with E-state index in [0.717, 1.165) is 10.4 Å². The number of benzene rings is 1. The van der Waals surface area contributed by atoms with Gasteiger partial charge in [0.25, 0.3) is 0 Å². The molecule has 0 fully saturated rings. The minimum absolute atomic E-state index is 0.193. The van der Waals surface area contributed by atoms with Gasteiger partial charge in [-0.15, -0.1) is 11.3 Å². The van der Waals surface area contributed by atoms with Crippen LogP contribution in [0.3, 0.4) is 0 Å². The summed E-state index contributed by atoms with van der Waals surface area (Å²) in [5.74, 6) is 0. The first kappa shape index (κ1) is 15.2. The molecule has 0 saturated heterocycles. The van der Waals surface area contributed by atoms with E-state index in [2.05, 4.69) is 0 Å². The Morgan fingerprint density at radius 3 is 2.65 bits per heavy atom. The van der Waals surface area contributed by atoms with Gasteiger partial charge in [0.05, 0.1) is 10.9 Å². The van der Waals surface area contributed by atoms with Crippen LogP contribution >= 0.6 is 11.3 Å². The lowest BCUT2D eigenvalue weighted by atomic mass is 10.2. The third-order valence-corrected chi connectivity index (χ3v) is 6.28. The molecule has 2 N–H and O–H groups in total. The third kappa shape index (κ3) is 2.93. The predicted molar refractivity (Wildman–Crippen MR) is 82.0 cm³/mol. The summed E-state index contributed by atoms with van der Waals surface area (Å²) in [6, 6.07) is 10.4. The zero-order valence-corrected chi connectivity index (χ0v) is 13.1. The van der Waals surface area contributed by atoms with E-state index in [4.69, 9.17) is 5.73 Å². The van der Waals surface area contributed by atoms with Gasteiger partial charge in [0.15, 0.2) is 0 Å². The van der Waals surface area contributed by atoms with Crippen LogP contribution in [0, 0.1) is 0 Å². The highest BCUT2D eigenvalue weighted by Gasteiger charge is 2.26. The van der Waals surface area contributed by atoms with E-state index in [9.17, 15) is 8.42 Å². The Hall–Kier alpha value is -1.21. The summed E-state index contributed by atoms with van der Waals surface area (Å²) in [4.78, 5) is 1.30. The Balaban J connectivity index is 2.34. The second kappa shape index (κ2) is 6.05. The Labute approximate surface area is 123 Å². The van der Waals surface area contributed by atoms with Crippen molar-refractivity contribution < 1.29 is 8.42 Å². The Kier molecular flexibility index (Phi) is 4.59. The lowest BCUT2D eigenvalue weighted by molar-refractivity contribution is 0.403. The molecule has 0 saturated carbocycles. The summed E-state index contributed by atoms with van der Waals surface area (Å²) in [7, 11) is -1.91. The maximum atomic E-state index is 12.6. The molecule has 1 unspecified atom stereocenters. The molecular weight excluding hydrogens is 292 g/mol. The second-order valence-electron chi connectivity index (χ2n) is 4.56. The fourth-order valence-electron chi connectivity index (χ4n) is 1.92. The maximum absolute atomic E-state index is 12.6. The van der Waals surface area contributed by atoms with E-state index in [0.29, 0.717) is 6.54 Å². The van der Waals surface area contributed by atoms with Crippen molar-refractivity contribution in [3.63, 3.8) is 0 Å². The van der Waals surface area contributed by atoms with Crippen LogP contribution in [0.15, 0.2) is 46.7 Å². The average Bonchev–Trinajstić information content (AvgIpc) is 3.00. The molecule has 0 aliphatic rings. The van der Waals surface area contributed by atoms with E-state index >= 15 is 0 Å². The number of hydrogen-bond donors (Lipinski definition) is 1. The summed E-state index contributed by atoms with van der Waals surface area (Å²) >= 11 is 1.55. The molecule has 0 bridgehead atoms. The topological polar surface area (TPSA) is 63.4 Å². The first-order valence-corrected chi connectivity index (χ1v) is 8.59. The van der Waals surface area contributed by atoms with Gasteiger partial charge in [-0.3, -0.25) is 0 Å². The average molecular weight is 310 g/mol. The van der Waals surface area contributed by atoms with E-state index < -0.39 is 10.0 Å². The number of thiophene rings is 1. The number of rotatable bonds is 5. The highest BCUT2D eigenvalue weighted by atomic mass is 32.2. The van der Waals surface area contributed by atoms with Gasteiger partial charge in [0.2, 0.25) is 10.0 Å². The number of hydrogen-bond acceptors (Lipinski definition) is 4. The van der Waals surface area contributed by atoms with Crippen molar-refractivity contribution in [2.24, 2.45) is 5.73 Å². The monoisotopic (exact) mass is 310 g/mol. The molecule has 1 atom stereocenters. The molecule has 0 aliphatic carbocycles. The van der Waals surface area contributed by atoms with E-state index in [1.807, 2.05) is 30.5 Å². The molecule has 1 heterocycles. The Morgan fingerprint density at radius 2 is 2.05 bits per heavy atom. The zero-order chi connectivity index (χ0) is 14.8. The van der Waals surface area contributed by atoms with Gasteiger partial charge in [-0.05, 0) is 36.1 Å². The highest BCUT2D eigenvalue weighted by molar-refractivity contribution is 7.89. The number of nitrogens with zero attached hydrogens (tertiary/aromatic N) is 1. The minimum Gasteiger partial charge on any atom is -0.326 e. The highest BCUT2D eigenvalue weighted by Crippen LogP contribution is 2.28. The molecular formula is C14H18N2O2S2. The van der Waals surface area contributed by atoms with Gasteiger partial charge in [-0.2, -0.15) is 4.31 Å². The Bertz CT molecular complexity index is 666. The molecule has 0 radical (unpaired) electrons. The van der Waals surface area contributed by atoms with Crippen LogP contribution in [-0.4, -0.2) is 19.8 Å². The molecule has 0 amide bonds. The molecule has 108 valence electrons. The molecule has 20 heavy (non-hydrogen) atoms. The summed E-state index contributed by atoms with van der Waals surface area (Å²) in [6.07, 6.45) is 0. The van der Waals surface area contributed by atoms with Crippen molar-refractivity contribution in [2.75, 3.05) is 7.05 Å². The van der Waals surface area contributed by atoms with Crippen LogP contribution in [0.1, 0.15) is 23.4 Å². The second-order valence-corrected chi connectivity index (χ2v) is 7.54. The van der Waals surface area contributed by atoms with E-state index in [-0.39, 0.29) is 10.9 Å². The molecule has 0 spiro atoms. The normalized spacial score (nSPS) is 13.6. The smallest absolute Gasteiger partial charge is 0.243 e.